The van der Waals surface area contributed by atoms with Crippen LogP contribution in [0.4, 0.5) is 10.5 Å². The van der Waals surface area contributed by atoms with Gasteiger partial charge >= 0.3 is 12.0 Å². The van der Waals surface area contributed by atoms with E-state index in [1.54, 1.807) is 24.3 Å². The molecule has 0 aliphatic rings. The number of carbonyl (C=O) groups is 2. The van der Waals surface area contributed by atoms with Crippen LogP contribution in [0.1, 0.15) is 19.4 Å². The Kier molecular flexibility index (Phi) is 6.77. The monoisotopic (exact) mass is 361 g/mol. The van der Waals surface area contributed by atoms with Crippen molar-refractivity contribution in [1.82, 2.24) is 10.3 Å². The lowest BCUT2D eigenvalue weighted by Crippen LogP contribution is -2.47. The van der Waals surface area contributed by atoms with Crippen LogP contribution in [0, 0.1) is 5.92 Å². The first kappa shape index (κ1) is 18.7. The molecule has 1 unspecified atom stereocenters. The molecule has 1 atom stereocenters. The standard InChI is InChI=1S/C18H20ClN3O3/c1-12(2)16(22-18(24)21-14-6-4-3-5-7-14)17(23)25-11-13-8-9-15(19)20-10-13/h3-10,12,16H,11H2,1-2H3,(H2,21,22,24). The zero-order valence-electron chi connectivity index (χ0n) is 14.0. The summed E-state index contributed by atoms with van der Waals surface area (Å²) in [5, 5.41) is 5.70. The largest absolute Gasteiger partial charge is 0.459 e. The van der Waals surface area contributed by atoms with Crippen LogP contribution in [0.3, 0.4) is 0 Å². The smallest absolute Gasteiger partial charge is 0.329 e. The highest BCUT2D eigenvalue weighted by Crippen LogP contribution is 2.10. The minimum atomic E-state index is -0.760. The highest BCUT2D eigenvalue weighted by atomic mass is 35.5. The van der Waals surface area contributed by atoms with Crippen LogP contribution in [0.15, 0.2) is 48.7 Å². The molecule has 7 heteroatoms. The van der Waals surface area contributed by atoms with Crippen LogP contribution >= 0.6 is 11.6 Å². The third kappa shape index (κ3) is 6.08. The number of nitrogens with zero attached hydrogens (tertiary/aromatic N) is 1. The molecule has 1 aromatic heterocycles. The number of nitrogens with one attached hydrogen (secondary N) is 2. The summed E-state index contributed by atoms with van der Waals surface area (Å²) in [5.41, 5.74) is 1.36. The summed E-state index contributed by atoms with van der Waals surface area (Å²) in [7, 11) is 0. The maximum absolute atomic E-state index is 12.3. The van der Waals surface area contributed by atoms with Gasteiger partial charge in [0.2, 0.25) is 0 Å². The number of carbonyl (C=O) groups excluding carboxylic acids is 2. The summed E-state index contributed by atoms with van der Waals surface area (Å²) in [6.45, 7) is 3.73. The Labute approximate surface area is 151 Å². The van der Waals surface area contributed by atoms with E-state index in [9.17, 15) is 9.59 Å². The first-order valence-corrected chi connectivity index (χ1v) is 8.23. The molecular formula is C18H20ClN3O3. The van der Waals surface area contributed by atoms with Gasteiger partial charge < -0.3 is 15.4 Å². The minimum absolute atomic E-state index is 0.0637. The zero-order valence-corrected chi connectivity index (χ0v) is 14.8. The molecule has 0 saturated carbocycles. The van der Waals surface area contributed by atoms with Crippen LogP contribution < -0.4 is 10.6 Å². The van der Waals surface area contributed by atoms with Crippen molar-refractivity contribution in [1.29, 1.82) is 0 Å². The van der Waals surface area contributed by atoms with Crippen LogP contribution in [-0.4, -0.2) is 23.0 Å². The molecule has 0 aliphatic heterocycles. The molecule has 0 saturated heterocycles. The molecule has 6 nitrogen and oxygen atoms in total. The van der Waals surface area contributed by atoms with Gasteiger partial charge in [0.15, 0.2) is 0 Å². The van der Waals surface area contributed by atoms with Crippen LogP contribution in [0.25, 0.3) is 0 Å². The van der Waals surface area contributed by atoms with Crippen molar-refractivity contribution in [3.05, 3.63) is 59.4 Å². The summed E-state index contributed by atoms with van der Waals surface area (Å²) < 4.78 is 5.28. The maximum Gasteiger partial charge on any atom is 0.329 e. The van der Waals surface area contributed by atoms with Crippen LogP contribution in [-0.2, 0) is 16.1 Å². The fourth-order valence-electron chi connectivity index (χ4n) is 2.06. The molecule has 2 aromatic rings. The number of halogens is 1. The lowest BCUT2D eigenvalue weighted by molar-refractivity contribution is -0.148. The molecule has 0 fully saturated rings. The highest BCUT2D eigenvalue weighted by Gasteiger charge is 2.25. The summed E-state index contributed by atoms with van der Waals surface area (Å²) in [6, 6.07) is 11.1. The molecule has 0 radical (unpaired) electrons. The first-order valence-electron chi connectivity index (χ1n) is 7.85. The number of hydrogen-bond acceptors (Lipinski definition) is 4. The molecule has 1 aromatic carbocycles. The van der Waals surface area contributed by atoms with E-state index in [2.05, 4.69) is 15.6 Å². The van der Waals surface area contributed by atoms with Crippen molar-refractivity contribution < 1.29 is 14.3 Å². The number of aromatic nitrogens is 1. The van der Waals surface area contributed by atoms with E-state index < -0.39 is 18.0 Å². The van der Waals surface area contributed by atoms with Crippen LogP contribution in [0.5, 0.6) is 0 Å². The second-order valence-corrected chi connectivity index (χ2v) is 6.17. The van der Waals surface area contributed by atoms with Gasteiger partial charge in [0, 0.05) is 17.4 Å². The summed E-state index contributed by atoms with van der Waals surface area (Å²) in [5.74, 6) is -0.634. The molecular weight excluding hydrogens is 342 g/mol. The quantitative estimate of drug-likeness (QED) is 0.608. The van der Waals surface area contributed by atoms with Crippen molar-refractivity contribution in [2.24, 2.45) is 5.92 Å². The Morgan fingerprint density at radius 3 is 2.48 bits per heavy atom. The predicted molar refractivity (Wildman–Crippen MR) is 96.3 cm³/mol. The average Bonchev–Trinajstić information content (AvgIpc) is 2.59. The first-order chi connectivity index (χ1) is 12.0. The number of ether oxygens (including phenoxy) is 1. The van der Waals surface area contributed by atoms with Gasteiger partial charge in [-0.3, -0.25) is 0 Å². The summed E-state index contributed by atoms with van der Waals surface area (Å²) in [6.07, 6.45) is 1.54. The number of para-hydroxylation sites is 1. The Hall–Kier alpha value is -2.60. The third-order valence-electron chi connectivity index (χ3n) is 3.41. The number of urea groups is 1. The highest BCUT2D eigenvalue weighted by molar-refractivity contribution is 6.29. The van der Waals surface area contributed by atoms with Crippen LogP contribution in [0.2, 0.25) is 5.15 Å². The van der Waals surface area contributed by atoms with E-state index in [0.717, 1.165) is 0 Å². The van der Waals surface area contributed by atoms with E-state index in [0.29, 0.717) is 16.4 Å². The van der Waals surface area contributed by atoms with Gasteiger partial charge in [-0.05, 0) is 24.1 Å². The molecule has 0 spiro atoms. The van der Waals surface area contributed by atoms with Crippen molar-refractivity contribution in [3.8, 4) is 0 Å². The molecule has 132 valence electrons. The molecule has 2 amide bonds. The lowest BCUT2D eigenvalue weighted by atomic mass is 10.1. The normalized spacial score (nSPS) is 11.7. The van der Waals surface area contributed by atoms with Gasteiger partial charge in [0.05, 0.1) is 0 Å². The minimum Gasteiger partial charge on any atom is -0.459 e. The van der Waals surface area contributed by atoms with E-state index in [1.807, 2.05) is 32.0 Å². The average molecular weight is 362 g/mol. The Balaban J connectivity index is 1.91. The van der Waals surface area contributed by atoms with Crippen molar-refractivity contribution in [2.45, 2.75) is 26.5 Å². The predicted octanol–water partition coefficient (Wildman–Crippen LogP) is 3.62. The molecule has 2 N–H and O–H groups in total. The SMILES string of the molecule is CC(C)C(NC(=O)Nc1ccccc1)C(=O)OCc1ccc(Cl)nc1. The molecule has 25 heavy (non-hydrogen) atoms. The third-order valence-corrected chi connectivity index (χ3v) is 3.63. The maximum atomic E-state index is 12.3. The number of esters is 1. The molecule has 1 heterocycles. The Morgan fingerprint density at radius 1 is 1.16 bits per heavy atom. The zero-order chi connectivity index (χ0) is 18.2. The number of amides is 2. The van der Waals surface area contributed by atoms with Gasteiger partial charge in [0.25, 0.3) is 0 Å². The number of hydrogen-bond donors (Lipinski definition) is 2. The number of rotatable bonds is 6. The van der Waals surface area contributed by atoms with E-state index in [4.69, 9.17) is 16.3 Å². The Morgan fingerprint density at radius 2 is 1.88 bits per heavy atom. The van der Waals surface area contributed by atoms with E-state index in [-0.39, 0.29) is 12.5 Å². The van der Waals surface area contributed by atoms with Gasteiger partial charge in [-0.2, -0.15) is 0 Å². The van der Waals surface area contributed by atoms with Crippen molar-refractivity contribution in [2.75, 3.05) is 5.32 Å². The number of benzene rings is 1. The number of anilines is 1. The lowest BCUT2D eigenvalue weighted by Gasteiger charge is -2.21. The Bertz CT molecular complexity index is 705. The van der Waals surface area contributed by atoms with E-state index >= 15 is 0 Å². The fraction of sp³-hybridized carbons (Fsp3) is 0.278. The molecule has 0 bridgehead atoms. The van der Waals surface area contributed by atoms with Gasteiger partial charge in [0.1, 0.15) is 17.8 Å². The second kappa shape index (κ2) is 9.03. The number of pyridine rings is 1. The van der Waals surface area contributed by atoms with Gasteiger partial charge in [-0.15, -0.1) is 0 Å². The topological polar surface area (TPSA) is 80.3 Å². The van der Waals surface area contributed by atoms with Gasteiger partial charge in [-0.1, -0.05) is 49.7 Å². The summed E-state index contributed by atoms with van der Waals surface area (Å²) in [4.78, 5) is 28.3. The summed E-state index contributed by atoms with van der Waals surface area (Å²) >= 11 is 5.72. The van der Waals surface area contributed by atoms with Crippen molar-refractivity contribution in [3.63, 3.8) is 0 Å². The van der Waals surface area contributed by atoms with Crippen molar-refractivity contribution >= 4 is 29.3 Å². The van der Waals surface area contributed by atoms with Gasteiger partial charge in [-0.25, -0.2) is 14.6 Å². The molecule has 0 aliphatic carbocycles. The van der Waals surface area contributed by atoms with E-state index in [1.165, 1.54) is 6.20 Å². The molecule has 2 rings (SSSR count). The fourth-order valence-corrected chi connectivity index (χ4v) is 2.18. The second-order valence-electron chi connectivity index (χ2n) is 5.78.